The maximum Gasteiger partial charge on any atom is 0.251 e. The SMILES string of the molecule is Cc1ccc(-c2cc(=O)[nH]c(O)c2C#N)cc1C. The van der Waals surface area contributed by atoms with Crippen molar-refractivity contribution in [2.75, 3.05) is 0 Å². The van der Waals surface area contributed by atoms with Crippen LogP contribution in [-0.4, -0.2) is 10.1 Å². The van der Waals surface area contributed by atoms with E-state index in [1.165, 1.54) is 6.07 Å². The van der Waals surface area contributed by atoms with Gasteiger partial charge in [0.05, 0.1) is 0 Å². The molecule has 0 atom stereocenters. The van der Waals surface area contributed by atoms with Crippen LogP contribution in [0.25, 0.3) is 11.1 Å². The second kappa shape index (κ2) is 4.38. The molecule has 2 aromatic rings. The molecule has 0 radical (unpaired) electrons. The van der Waals surface area contributed by atoms with Crippen LogP contribution in [0, 0.1) is 25.2 Å². The van der Waals surface area contributed by atoms with Crippen molar-refractivity contribution in [1.29, 1.82) is 5.26 Å². The van der Waals surface area contributed by atoms with E-state index in [2.05, 4.69) is 4.98 Å². The molecule has 0 aliphatic carbocycles. The van der Waals surface area contributed by atoms with Gasteiger partial charge in [-0.15, -0.1) is 0 Å². The fourth-order valence-corrected chi connectivity index (χ4v) is 1.80. The molecule has 18 heavy (non-hydrogen) atoms. The summed E-state index contributed by atoms with van der Waals surface area (Å²) in [6.45, 7) is 3.94. The molecular formula is C14H12N2O2. The number of aromatic hydroxyl groups is 1. The molecule has 4 heteroatoms. The van der Waals surface area contributed by atoms with E-state index in [0.717, 1.165) is 16.7 Å². The van der Waals surface area contributed by atoms with Crippen molar-refractivity contribution in [3.05, 3.63) is 51.3 Å². The zero-order chi connectivity index (χ0) is 13.3. The molecule has 0 saturated heterocycles. The Labute approximate surface area is 104 Å². The maximum atomic E-state index is 11.4. The number of rotatable bonds is 1. The summed E-state index contributed by atoms with van der Waals surface area (Å²) >= 11 is 0. The highest BCUT2D eigenvalue weighted by Gasteiger charge is 2.12. The fourth-order valence-electron chi connectivity index (χ4n) is 1.80. The lowest BCUT2D eigenvalue weighted by atomic mass is 9.98. The van der Waals surface area contributed by atoms with E-state index < -0.39 is 11.4 Å². The van der Waals surface area contributed by atoms with Crippen LogP contribution in [0.4, 0.5) is 0 Å². The first-order valence-corrected chi connectivity index (χ1v) is 5.47. The van der Waals surface area contributed by atoms with Gasteiger partial charge in [0.2, 0.25) is 5.88 Å². The Hall–Kier alpha value is -2.54. The highest BCUT2D eigenvalue weighted by Crippen LogP contribution is 2.27. The summed E-state index contributed by atoms with van der Waals surface area (Å²) in [4.78, 5) is 13.6. The van der Waals surface area contributed by atoms with Gasteiger partial charge in [-0.05, 0) is 30.5 Å². The van der Waals surface area contributed by atoms with Gasteiger partial charge in [-0.25, -0.2) is 0 Å². The lowest BCUT2D eigenvalue weighted by molar-refractivity contribution is 0.450. The number of hydrogen-bond acceptors (Lipinski definition) is 3. The number of hydrogen-bond donors (Lipinski definition) is 2. The Morgan fingerprint density at radius 1 is 1.22 bits per heavy atom. The standard InChI is InChI=1S/C14H12N2O2/c1-8-3-4-10(5-9(8)2)11-6-13(17)16-14(18)12(11)7-15/h3-6H,1-2H3,(H2,16,17,18). The molecule has 0 fully saturated rings. The predicted octanol–water partition coefficient (Wildman–Crippen LogP) is 2.24. The number of aromatic amines is 1. The predicted molar refractivity (Wildman–Crippen MR) is 68.4 cm³/mol. The lowest BCUT2D eigenvalue weighted by Crippen LogP contribution is -2.06. The summed E-state index contributed by atoms with van der Waals surface area (Å²) in [5, 5.41) is 18.6. The van der Waals surface area contributed by atoms with Crippen LogP contribution < -0.4 is 5.56 Å². The van der Waals surface area contributed by atoms with Gasteiger partial charge in [-0.3, -0.25) is 9.78 Å². The molecule has 1 heterocycles. The molecule has 1 aromatic heterocycles. The van der Waals surface area contributed by atoms with E-state index in [0.29, 0.717) is 5.56 Å². The molecular weight excluding hydrogens is 228 g/mol. The Balaban J connectivity index is 2.74. The van der Waals surface area contributed by atoms with Crippen LogP contribution in [-0.2, 0) is 0 Å². The third kappa shape index (κ3) is 1.98. The summed E-state index contributed by atoms with van der Waals surface area (Å²) in [5.74, 6) is -0.391. The van der Waals surface area contributed by atoms with E-state index in [-0.39, 0.29) is 5.56 Å². The van der Waals surface area contributed by atoms with Gasteiger partial charge >= 0.3 is 0 Å². The molecule has 90 valence electrons. The van der Waals surface area contributed by atoms with Gasteiger partial charge < -0.3 is 5.11 Å². The molecule has 0 spiro atoms. The number of nitrogens with zero attached hydrogens (tertiary/aromatic N) is 1. The Morgan fingerprint density at radius 3 is 2.56 bits per heavy atom. The van der Waals surface area contributed by atoms with Crippen LogP contribution in [0.2, 0.25) is 0 Å². The fraction of sp³-hybridized carbons (Fsp3) is 0.143. The molecule has 2 rings (SSSR count). The number of H-pyrrole nitrogens is 1. The van der Waals surface area contributed by atoms with E-state index in [1.54, 1.807) is 0 Å². The highest BCUT2D eigenvalue weighted by atomic mass is 16.3. The average Bonchev–Trinajstić information content (AvgIpc) is 2.32. The first kappa shape index (κ1) is 11.9. The average molecular weight is 240 g/mol. The Kier molecular flexibility index (Phi) is 2.90. The zero-order valence-electron chi connectivity index (χ0n) is 10.1. The van der Waals surface area contributed by atoms with Crippen LogP contribution in [0.15, 0.2) is 29.1 Å². The number of pyridine rings is 1. The van der Waals surface area contributed by atoms with Gasteiger partial charge in [0.15, 0.2) is 0 Å². The van der Waals surface area contributed by atoms with Crippen LogP contribution in [0.5, 0.6) is 5.88 Å². The molecule has 0 aliphatic heterocycles. The molecule has 2 N–H and O–H groups in total. The smallest absolute Gasteiger partial charge is 0.251 e. The van der Waals surface area contributed by atoms with E-state index in [1.807, 2.05) is 38.1 Å². The van der Waals surface area contributed by atoms with Crippen LogP contribution >= 0.6 is 0 Å². The van der Waals surface area contributed by atoms with Crippen LogP contribution in [0.3, 0.4) is 0 Å². The van der Waals surface area contributed by atoms with Gasteiger partial charge in [-0.1, -0.05) is 18.2 Å². The Bertz CT molecular complexity index is 709. The zero-order valence-corrected chi connectivity index (χ0v) is 10.1. The molecule has 0 saturated carbocycles. The third-order valence-electron chi connectivity index (χ3n) is 2.95. The van der Waals surface area contributed by atoms with Gasteiger partial charge in [0.25, 0.3) is 5.56 Å². The number of aromatic nitrogens is 1. The lowest BCUT2D eigenvalue weighted by Gasteiger charge is -2.07. The van der Waals surface area contributed by atoms with Crippen molar-refractivity contribution < 1.29 is 5.11 Å². The van der Waals surface area contributed by atoms with Crippen molar-refractivity contribution in [2.45, 2.75) is 13.8 Å². The quantitative estimate of drug-likeness (QED) is 0.802. The van der Waals surface area contributed by atoms with Gasteiger partial charge in [0, 0.05) is 11.6 Å². The van der Waals surface area contributed by atoms with Crippen molar-refractivity contribution >= 4 is 0 Å². The number of benzene rings is 1. The van der Waals surface area contributed by atoms with Crippen molar-refractivity contribution in [3.8, 4) is 23.1 Å². The first-order chi connectivity index (χ1) is 8.52. The van der Waals surface area contributed by atoms with Crippen molar-refractivity contribution in [3.63, 3.8) is 0 Å². The number of nitrogens with one attached hydrogen (secondary N) is 1. The topological polar surface area (TPSA) is 76.9 Å². The molecule has 0 aliphatic rings. The monoisotopic (exact) mass is 240 g/mol. The molecule has 0 amide bonds. The van der Waals surface area contributed by atoms with Crippen molar-refractivity contribution in [2.24, 2.45) is 0 Å². The number of aryl methyl sites for hydroxylation is 2. The second-order valence-electron chi connectivity index (χ2n) is 4.18. The highest BCUT2D eigenvalue weighted by molar-refractivity contribution is 5.72. The summed E-state index contributed by atoms with van der Waals surface area (Å²) in [7, 11) is 0. The summed E-state index contributed by atoms with van der Waals surface area (Å²) < 4.78 is 0. The van der Waals surface area contributed by atoms with E-state index >= 15 is 0 Å². The van der Waals surface area contributed by atoms with Gasteiger partial charge in [-0.2, -0.15) is 5.26 Å². The first-order valence-electron chi connectivity index (χ1n) is 5.47. The normalized spacial score (nSPS) is 10.1. The molecule has 0 bridgehead atoms. The molecule has 0 unspecified atom stereocenters. The van der Waals surface area contributed by atoms with Crippen LogP contribution in [0.1, 0.15) is 16.7 Å². The minimum atomic E-state index is -0.431. The minimum absolute atomic E-state index is 0.0813. The molecule has 4 nitrogen and oxygen atoms in total. The second-order valence-corrected chi connectivity index (χ2v) is 4.18. The third-order valence-corrected chi connectivity index (χ3v) is 2.95. The summed E-state index contributed by atoms with van der Waals surface area (Å²) in [5.41, 5.74) is 3.04. The van der Waals surface area contributed by atoms with E-state index in [4.69, 9.17) is 5.26 Å². The number of nitriles is 1. The minimum Gasteiger partial charge on any atom is -0.494 e. The Morgan fingerprint density at radius 2 is 1.94 bits per heavy atom. The van der Waals surface area contributed by atoms with Gasteiger partial charge in [0.1, 0.15) is 11.6 Å². The largest absolute Gasteiger partial charge is 0.494 e. The van der Waals surface area contributed by atoms with Crippen molar-refractivity contribution in [1.82, 2.24) is 4.98 Å². The van der Waals surface area contributed by atoms with E-state index in [9.17, 15) is 9.90 Å². The summed E-state index contributed by atoms with van der Waals surface area (Å²) in [6, 6.07) is 8.87. The summed E-state index contributed by atoms with van der Waals surface area (Å²) in [6.07, 6.45) is 0. The maximum absolute atomic E-state index is 11.4. The molecule has 1 aromatic carbocycles.